The number of hydrogen-bond acceptors (Lipinski definition) is 4. The highest BCUT2D eigenvalue weighted by Crippen LogP contribution is 2.29. The molecule has 7 heteroatoms. The van der Waals surface area contributed by atoms with Crippen LogP contribution < -0.4 is 15.2 Å². The van der Waals surface area contributed by atoms with Crippen LogP contribution in [0.2, 0.25) is 5.02 Å². The van der Waals surface area contributed by atoms with Crippen LogP contribution in [0.3, 0.4) is 0 Å². The van der Waals surface area contributed by atoms with Crippen molar-refractivity contribution in [3.8, 4) is 5.75 Å². The van der Waals surface area contributed by atoms with Gasteiger partial charge in [-0.2, -0.15) is 0 Å². The lowest BCUT2D eigenvalue weighted by Gasteiger charge is -2.12. The smallest absolute Gasteiger partial charge is 0.262 e. The predicted molar refractivity (Wildman–Crippen MR) is 84.4 cm³/mol. The van der Waals surface area contributed by atoms with Crippen LogP contribution in [0.1, 0.15) is 5.56 Å². The van der Waals surface area contributed by atoms with E-state index < -0.39 is 10.0 Å². The lowest BCUT2D eigenvalue weighted by Crippen LogP contribution is -2.13. The molecule has 0 unspecified atom stereocenters. The second-order valence-corrected chi connectivity index (χ2v) is 6.56. The van der Waals surface area contributed by atoms with Gasteiger partial charge in [-0.05, 0) is 36.8 Å². The van der Waals surface area contributed by atoms with E-state index in [0.717, 1.165) is 5.56 Å². The number of methoxy groups -OCH3 is 1. The maximum Gasteiger partial charge on any atom is 0.262 e. The van der Waals surface area contributed by atoms with Crippen LogP contribution in [0.5, 0.6) is 5.75 Å². The maximum atomic E-state index is 12.4. The minimum atomic E-state index is -3.77. The SMILES string of the molecule is COc1ccc(Cl)c(NS(=O)(=O)c2ccc(C)c(N)c2)c1. The molecule has 2 rings (SSSR count). The molecule has 0 aliphatic carbocycles. The standard InChI is InChI=1S/C14H15ClN2O3S/c1-9-3-5-11(8-13(9)16)21(18,19)17-14-7-10(20-2)4-6-12(14)15/h3-8,17H,16H2,1-2H3. The number of benzene rings is 2. The van der Waals surface area contributed by atoms with Crippen LogP contribution in [-0.4, -0.2) is 15.5 Å². The summed E-state index contributed by atoms with van der Waals surface area (Å²) in [5, 5.41) is 0.277. The van der Waals surface area contributed by atoms with Crippen molar-refractivity contribution in [3.05, 3.63) is 47.0 Å². The van der Waals surface area contributed by atoms with E-state index in [2.05, 4.69) is 4.72 Å². The Bertz CT molecular complexity index is 776. The van der Waals surface area contributed by atoms with Crippen molar-refractivity contribution in [2.45, 2.75) is 11.8 Å². The molecule has 0 saturated heterocycles. The van der Waals surface area contributed by atoms with Gasteiger partial charge >= 0.3 is 0 Å². The van der Waals surface area contributed by atoms with E-state index in [1.807, 2.05) is 0 Å². The van der Waals surface area contributed by atoms with E-state index in [0.29, 0.717) is 11.4 Å². The van der Waals surface area contributed by atoms with E-state index in [4.69, 9.17) is 22.1 Å². The second-order valence-electron chi connectivity index (χ2n) is 4.47. The van der Waals surface area contributed by atoms with Gasteiger partial charge in [0, 0.05) is 11.8 Å². The van der Waals surface area contributed by atoms with Crippen molar-refractivity contribution in [2.24, 2.45) is 0 Å². The van der Waals surface area contributed by atoms with Gasteiger partial charge in [-0.25, -0.2) is 8.42 Å². The Labute approximate surface area is 128 Å². The van der Waals surface area contributed by atoms with E-state index in [1.165, 1.54) is 25.3 Å². The first-order valence-corrected chi connectivity index (χ1v) is 7.92. The van der Waals surface area contributed by atoms with Crippen molar-refractivity contribution >= 4 is 33.0 Å². The van der Waals surface area contributed by atoms with Gasteiger partial charge in [0.1, 0.15) is 5.75 Å². The van der Waals surface area contributed by atoms with Gasteiger partial charge in [0.05, 0.1) is 22.7 Å². The molecule has 2 aromatic carbocycles. The molecule has 0 radical (unpaired) electrons. The van der Waals surface area contributed by atoms with Crippen molar-refractivity contribution in [2.75, 3.05) is 17.6 Å². The normalized spacial score (nSPS) is 11.2. The molecule has 3 N–H and O–H groups in total. The third kappa shape index (κ3) is 3.40. The van der Waals surface area contributed by atoms with Gasteiger partial charge in [-0.15, -0.1) is 0 Å². The first kappa shape index (κ1) is 15.5. The van der Waals surface area contributed by atoms with Gasteiger partial charge in [0.2, 0.25) is 0 Å². The molecule has 0 amide bonds. The summed E-state index contributed by atoms with van der Waals surface area (Å²) >= 11 is 6.00. The number of sulfonamides is 1. The highest BCUT2D eigenvalue weighted by Gasteiger charge is 2.17. The summed E-state index contributed by atoms with van der Waals surface area (Å²) in [6.07, 6.45) is 0. The summed E-state index contributed by atoms with van der Waals surface area (Å²) in [5.74, 6) is 0.500. The molecule has 0 heterocycles. The zero-order valence-electron chi connectivity index (χ0n) is 11.6. The van der Waals surface area contributed by atoms with Crippen LogP contribution in [0, 0.1) is 6.92 Å². The molecule has 112 valence electrons. The summed E-state index contributed by atoms with van der Waals surface area (Å²) in [6.45, 7) is 1.80. The molecular formula is C14H15ClN2O3S. The number of rotatable bonds is 4. The summed E-state index contributed by atoms with van der Waals surface area (Å²) in [6, 6.07) is 9.26. The molecule has 0 fully saturated rings. The highest BCUT2D eigenvalue weighted by molar-refractivity contribution is 7.92. The summed E-state index contributed by atoms with van der Waals surface area (Å²) in [5.41, 5.74) is 7.22. The second kappa shape index (κ2) is 5.83. The quantitative estimate of drug-likeness (QED) is 0.846. The topological polar surface area (TPSA) is 81.4 Å². The number of ether oxygens (including phenoxy) is 1. The largest absolute Gasteiger partial charge is 0.497 e. The van der Waals surface area contributed by atoms with Gasteiger partial charge < -0.3 is 10.5 Å². The number of nitrogens with two attached hydrogens (primary N) is 1. The zero-order chi connectivity index (χ0) is 15.6. The minimum absolute atomic E-state index is 0.0736. The number of nitrogens with one attached hydrogen (secondary N) is 1. The Morgan fingerprint density at radius 1 is 1.19 bits per heavy atom. The summed E-state index contributed by atoms with van der Waals surface area (Å²) < 4.78 is 32.2. The van der Waals surface area contributed by atoms with Crippen LogP contribution >= 0.6 is 11.6 Å². The van der Waals surface area contributed by atoms with Gasteiger partial charge in [0.15, 0.2) is 0 Å². The molecule has 0 aliphatic rings. The van der Waals surface area contributed by atoms with Crippen molar-refractivity contribution in [1.82, 2.24) is 0 Å². The number of aryl methyl sites for hydroxylation is 1. The third-order valence-electron chi connectivity index (χ3n) is 2.98. The predicted octanol–water partition coefficient (Wildman–Crippen LogP) is 3.04. The van der Waals surface area contributed by atoms with E-state index >= 15 is 0 Å². The van der Waals surface area contributed by atoms with E-state index in [-0.39, 0.29) is 15.6 Å². The fourth-order valence-electron chi connectivity index (χ4n) is 1.70. The lowest BCUT2D eigenvalue weighted by atomic mass is 10.2. The number of halogens is 1. The Morgan fingerprint density at radius 2 is 1.90 bits per heavy atom. The average molecular weight is 327 g/mol. The molecule has 2 aromatic rings. The molecular weight excluding hydrogens is 312 g/mol. The average Bonchev–Trinajstić information content (AvgIpc) is 2.44. The Hall–Kier alpha value is -1.92. The summed E-state index contributed by atoms with van der Waals surface area (Å²) in [7, 11) is -2.28. The molecule has 21 heavy (non-hydrogen) atoms. The lowest BCUT2D eigenvalue weighted by molar-refractivity contribution is 0.415. The van der Waals surface area contributed by atoms with Crippen molar-refractivity contribution < 1.29 is 13.2 Å². The highest BCUT2D eigenvalue weighted by atomic mass is 35.5. The van der Waals surface area contributed by atoms with Gasteiger partial charge in [-0.1, -0.05) is 17.7 Å². The molecule has 0 saturated carbocycles. The fourth-order valence-corrected chi connectivity index (χ4v) is 3.03. The first-order valence-electron chi connectivity index (χ1n) is 6.06. The van der Waals surface area contributed by atoms with Crippen LogP contribution in [0.4, 0.5) is 11.4 Å². The Morgan fingerprint density at radius 3 is 2.52 bits per heavy atom. The Balaban J connectivity index is 2.39. The number of hydrogen-bond donors (Lipinski definition) is 2. The van der Waals surface area contributed by atoms with Gasteiger partial charge in [0.25, 0.3) is 10.0 Å². The van der Waals surface area contributed by atoms with Crippen LogP contribution in [0.25, 0.3) is 0 Å². The van der Waals surface area contributed by atoms with Crippen molar-refractivity contribution in [3.63, 3.8) is 0 Å². The van der Waals surface area contributed by atoms with Gasteiger partial charge in [-0.3, -0.25) is 4.72 Å². The summed E-state index contributed by atoms with van der Waals surface area (Å²) in [4.78, 5) is 0.0736. The maximum absolute atomic E-state index is 12.4. The number of anilines is 2. The molecule has 0 aromatic heterocycles. The first-order chi connectivity index (χ1) is 9.83. The van der Waals surface area contributed by atoms with E-state index in [1.54, 1.807) is 25.1 Å². The van der Waals surface area contributed by atoms with Crippen molar-refractivity contribution in [1.29, 1.82) is 0 Å². The minimum Gasteiger partial charge on any atom is -0.497 e. The fraction of sp³-hybridized carbons (Fsp3) is 0.143. The molecule has 0 bridgehead atoms. The Kier molecular flexibility index (Phi) is 4.29. The van der Waals surface area contributed by atoms with Crippen LogP contribution in [-0.2, 0) is 10.0 Å². The monoisotopic (exact) mass is 326 g/mol. The zero-order valence-corrected chi connectivity index (χ0v) is 13.1. The molecule has 5 nitrogen and oxygen atoms in total. The van der Waals surface area contributed by atoms with E-state index in [9.17, 15) is 8.42 Å². The van der Waals surface area contributed by atoms with Crippen LogP contribution in [0.15, 0.2) is 41.3 Å². The molecule has 0 atom stereocenters. The number of nitrogen functional groups attached to an aromatic ring is 1. The molecule has 0 spiro atoms. The third-order valence-corrected chi connectivity index (χ3v) is 4.67. The molecule has 0 aliphatic heterocycles.